The number of hydrogen-bond donors (Lipinski definition) is 3. The summed E-state index contributed by atoms with van der Waals surface area (Å²) in [6.45, 7) is 11.3. The maximum Gasteiger partial charge on any atom is 0.408 e. The quantitative estimate of drug-likeness (QED) is 0.229. The molecule has 2 aromatic rings. The molecule has 0 aliphatic heterocycles. The standard InChI is InChI=1S/C30H37N3O5/c1-7-10-18-31-27(35)26(23-13-11-12-21(8-2)19-23)33(9-3)28(36)25(32-29(37)38-30(4,5)6)20-22-14-16-24(34)17-15-22/h3,8,11-17,19,25-26,34H,2,7,10,18,20H2,1,4-6H3,(H,31,35)(H,32,37). The second-order valence-corrected chi connectivity index (χ2v) is 9.83. The summed E-state index contributed by atoms with van der Waals surface area (Å²) in [6, 6.07) is 13.3. The van der Waals surface area contributed by atoms with Gasteiger partial charge in [0.15, 0.2) is 0 Å². The molecule has 38 heavy (non-hydrogen) atoms. The van der Waals surface area contributed by atoms with Crippen molar-refractivity contribution in [3.63, 3.8) is 0 Å². The Labute approximate surface area is 225 Å². The number of alkyl carbamates (subject to hydrolysis) is 1. The second-order valence-electron chi connectivity index (χ2n) is 9.83. The minimum Gasteiger partial charge on any atom is -0.508 e. The molecule has 2 unspecified atom stereocenters. The van der Waals surface area contributed by atoms with E-state index in [1.807, 2.05) is 13.0 Å². The first kappa shape index (κ1) is 30.0. The minimum absolute atomic E-state index is 0.0490. The van der Waals surface area contributed by atoms with Crippen LogP contribution in [0.5, 0.6) is 5.75 Å². The van der Waals surface area contributed by atoms with Gasteiger partial charge in [0.05, 0.1) is 0 Å². The molecule has 8 nitrogen and oxygen atoms in total. The fraction of sp³-hybridized carbons (Fsp3) is 0.367. The molecule has 0 heterocycles. The number of terminal acetylenes is 1. The van der Waals surface area contributed by atoms with Gasteiger partial charge in [0.2, 0.25) is 5.91 Å². The number of benzene rings is 2. The lowest BCUT2D eigenvalue weighted by molar-refractivity contribution is -0.138. The van der Waals surface area contributed by atoms with Crippen molar-refractivity contribution in [2.45, 2.75) is 64.6 Å². The van der Waals surface area contributed by atoms with Gasteiger partial charge in [0.25, 0.3) is 5.91 Å². The van der Waals surface area contributed by atoms with E-state index in [1.165, 1.54) is 12.1 Å². The number of ether oxygens (including phenoxy) is 1. The number of phenolic OH excluding ortho intramolecular Hbond substituents is 1. The maximum absolute atomic E-state index is 13.9. The average molecular weight is 520 g/mol. The van der Waals surface area contributed by atoms with Gasteiger partial charge >= 0.3 is 6.09 Å². The van der Waals surface area contributed by atoms with Crippen molar-refractivity contribution in [2.75, 3.05) is 6.54 Å². The third-order valence-electron chi connectivity index (χ3n) is 5.54. The van der Waals surface area contributed by atoms with E-state index in [0.717, 1.165) is 23.3 Å². The molecule has 3 amide bonds. The largest absolute Gasteiger partial charge is 0.508 e. The number of rotatable bonds is 11. The lowest BCUT2D eigenvalue weighted by atomic mass is 9.99. The van der Waals surface area contributed by atoms with Crippen LogP contribution >= 0.6 is 0 Å². The molecule has 0 aliphatic carbocycles. The molecule has 2 aromatic carbocycles. The Bertz CT molecular complexity index is 1160. The fourth-order valence-electron chi connectivity index (χ4n) is 3.71. The van der Waals surface area contributed by atoms with Crippen molar-refractivity contribution in [2.24, 2.45) is 0 Å². The van der Waals surface area contributed by atoms with Gasteiger partial charge in [-0.15, -0.1) is 0 Å². The van der Waals surface area contributed by atoms with E-state index < -0.39 is 35.6 Å². The molecule has 202 valence electrons. The van der Waals surface area contributed by atoms with E-state index >= 15 is 0 Å². The van der Waals surface area contributed by atoms with Gasteiger partial charge in [0, 0.05) is 19.0 Å². The van der Waals surface area contributed by atoms with Crippen LogP contribution in [0, 0.1) is 12.5 Å². The van der Waals surface area contributed by atoms with Crippen molar-refractivity contribution in [3.05, 3.63) is 71.8 Å². The third-order valence-corrected chi connectivity index (χ3v) is 5.54. The number of aromatic hydroxyl groups is 1. The van der Waals surface area contributed by atoms with Gasteiger partial charge < -0.3 is 20.5 Å². The summed E-state index contributed by atoms with van der Waals surface area (Å²) >= 11 is 0. The SMILES string of the molecule is C#CN(C(=O)C(Cc1ccc(O)cc1)NC(=O)OC(C)(C)C)C(C(=O)NCCCC)c1cccc(C=C)c1. The van der Waals surface area contributed by atoms with Crippen LogP contribution < -0.4 is 10.6 Å². The Morgan fingerprint density at radius 3 is 2.45 bits per heavy atom. The monoisotopic (exact) mass is 519 g/mol. The van der Waals surface area contributed by atoms with Gasteiger partial charge in [0.1, 0.15) is 23.4 Å². The molecule has 0 saturated heterocycles. The molecule has 0 aliphatic rings. The zero-order valence-electron chi connectivity index (χ0n) is 22.5. The smallest absolute Gasteiger partial charge is 0.408 e. The predicted octanol–water partition coefficient (Wildman–Crippen LogP) is 4.55. The third kappa shape index (κ3) is 9.00. The van der Waals surface area contributed by atoms with Crippen molar-refractivity contribution < 1.29 is 24.2 Å². The highest BCUT2D eigenvalue weighted by Crippen LogP contribution is 2.24. The fourth-order valence-corrected chi connectivity index (χ4v) is 3.71. The summed E-state index contributed by atoms with van der Waals surface area (Å²) < 4.78 is 5.37. The lowest BCUT2D eigenvalue weighted by Gasteiger charge is -2.30. The van der Waals surface area contributed by atoms with E-state index in [1.54, 1.807) is 57.2 Å². The number of phenols is 1. The van der Waals surface area contributed by atoms with Crippen LogP contribution in [0.25, 0.3) is 6.08 Å². The second kappa shape index (κ2) is 13.9. The summed E-state index contributed by atoms with van der Waals surface area (Å²) in [5.41, 5.74) is 1.12. The van der Waals surface area contributed by atoms with Crippen molar-refractivity contribution in [3.8, 4) is 18.2 Å². The number of carbonyl (C=O) groups excluding carboxylic acids is 3. The number of carbonyl (C=O) groups is 3. The first-order chi connectivity index (χ1) is 18.0. The molecular weight excluding hydrogens is 482 g/mol. The van der Waals surface area contributed by atoms with Crippen molar-refractivity contribution >= 4 is 24.0 Å². The number of nitrogens with zero attached hydrogens (tertiary/aromatic N) is 1. The van der Waals surface area contributed by atoms with Crippen LogP contribution in [0.1, 0.15) is 63.3 Å². The highest BCUT2D eigenvalue weighted by molar-refractivity contribution is 5.93. The van der Waals surface area contributed by atoms with Gasteiger partial charge in [-0.2, -0.15) is 0 Å². The Kier molecular flexibility index (Phi) is 11.0. The lowest BCUT2D eigenvalue weighted by Crippen LogP contribution is -2.52. The molecular formula is C30H37N3O5. The summed E-state index contributed by atoms with van der Waals surface area (Å²) in [7, 11) is 0. The molecule has 0 radical (unpaired) electrons. The van der Waals surface area contributed by atoms with E-state index in [0.29, 0.717) is 17.7 Å². The Balaban J connectivity index is 2.49. The zero-order chi connectivity index (χ0) is 28.3. The predicted molar refractivity (Wildman–Crippen MR) is 148 cm³/mol. The molecule has 0 bridgehead atoms. The Morgan fingerprint density at radius 1 is 1.18 bits per heavy atom. The summed E-state index contributed by atoms with van der Waals surface area (Å²) in [5.74, 6) is -1.04. The Hall–Kier alpha value is -4.25. The summed E-state index contributed by atoms with van der Waals surface area (Å²) in [6.07, 6.45) is 8.36. The van der Waals surface area contributed by atoms with Crippen molar-refractivity contribution in [1.29, 1.82) is 0 Å². The first-order valence-corrected chi connectivity index (χ1v) is 12.6. The molecule has 0 fully saturated rings. The number of nitrogens with one attached hydrogen (secondary N) is 2. The Morgan fingerprint density at radius 2 is 1.87 bits per heavy atom. The van der Waals surface area contributed by atoms with Gasteiger partial charge in [-0.25, -0.2) is 4.79 Å². The molecule has 2 rings (SSSR count). The van der Waals surface area contributed by atoms with Crippen LogP contribution in [0.4, 0.5) is 4.79 Å². The number of hydrogen-bond acceptors (Lipinski definition) is 5. The van der Waals surface area contributed by atoms with Gasteiger partial charge in [-0.3, -0.25) is 14.5 Å². The van der Waals surface area contributed by atoms with Crippen LogP contribution in [0.15, 0.2) is 55.1 Å². The van der Waals surface area contributed by atoms with E-state index in [9.17, 15) is 19.5 Å². The van der Waals surface area contributed by atoms with E-state index in [2.05, 4.69) is 23.3 Å². The van der Waals surface area contributed by atoms with Gasteiger partial charge in [-0.1, -0.05) is 62.8 Å². The molecule has 2 atom stereocenters. The summed E-state index contributed by atoms with van der Waals surface area (Å²) in [5, 5.41) is 15.1. The molecule has 0 spiro atoms. The number of amides is 3. The summed E-state index contributed by atoms with van der Waals surface area (Å²) in [4.78, 5) is 41.0. The molecule has 8 heteroatoms. The average Bonchev–Trinajstić information content (AvgIpc) is 2.86. The molecule has 0 saturated carbocycles. The zero-order valence-corrected chi connectivity index (χ0v) is 22.5. The minimum atomic E-state index is -1.15. The van der Waals surface area contributed by atoms with E-state index in [4.69, 9.17) is 11.2 Å². The number of unbranched alkanes of at least 4 members (excludes halogenated alkanes) is 1. The first-order valence-electron chi connectivity index (χ1n) is 12.6. The maximum atomic E-state index is 13.9. The highest BCUT2D eigenvalue weighted by Gasteiger charge is 2.36. The van der Waals surface area contributed by atoms with Crippen LogP contribution in [0.3, 0.4) is 0 Å². The van der Waals surface area contributed by atoms with Crippen LogP contribution in [-0.4, -0.2) is 46.1 Å². The normalized spacial score (nSPS) is 12.4. The molecule has 0 aromatic heterocycles. The van der Waals surface area contributed by atoms with Crippen LogP contribution in [0.2, 0.25) is 0 Å². The topological polar surface area (TPSA) is 108 Å². The van der Waals surface area contributed by atoms with Crippen molar-refractivity contribution in [1.82, 2.24) is 15.5 Å². The molecule has 3 N–H and O–H groups in total. The van der Waals surface area contributed by atoms with Crippen LogP contribution in [-0.2, 0) is 20.7 Å². The highest BCUT2D eigenvalue weighted by atomic mass is 16.6. The van der Waals surface area contributed by atoms with E-state index in [-0.39, 0.29) is 12.2 Å². The van der Waals surface area contributed by atoms with Gasteiger partial charge in [-0.05, 0) is 62.1 Å².